The van der Waals surface area contributed by atoms with Gasteiger partial charge in [0.2, 0.25) is 0 Å². The number of nitrogens with zero attached hydrogens (tertiary/aromatic N) is 2. The van der Waals surface area contributed by atoms with E-state index in [9.17, 15) is 4.39 Å². The van der Waals surface area contributed by atoms with Gasteiger partial charge in [0.25, 0.3) is 0 Å². The van der Waals surface area contributed by atoms with E-state index in [4.69, 9.17) is 0 Å². The van der Waals surface area contributed by atoms with Crippen LogP contribution in [0.25, 0.3) is 10.9 Å². The molecule has 0 atom stereocenters. The summed E-state index contributed by atoms with van der Waals surface area (Å²) in [6, 6.07) is 2.04. The topological polar surface area (TPSA) is 17.8 Å². The van der Waals surface area contributed by atoms with Gasteiger partial charge in [-0.3, -0.25) is 4.68 Å². The fourth-order valence-corrected chi connectivity index (χ4v) is 2.12. The van der Waals surface area contributed by atoms with E-state index >= 15 is 0 Å². The Balaban J connectivity index is 2.83. The van der Waals surface area contributed by atoms with E-state index in [1.165, 1.54) is 0 Å². The molecule has 1 aromatic heterocycles. The number of fused-ring (bicyclic) bond motifs is 1. The zero-order valence-corrected chi connectivity index (χ0v) is 10.4. The number of aryl methyl sites for hydroxylation is 1. The Hall–Kier alpha value is -1.38. The molecule has 0 aliphatic heterocycles. The highest BCUT2D eigenvalue weighted by Crippen LogP contribution is 2.31. The maximum atomic E-state index is 14.1. The number of benzene rings is 1. The van der Waals surface area contributed by atoms with Crippen molar-refractivity contribution in [2.45, 2.75) is 33.1 Å². The van der Waals surface area contributed by atoms with E-state index in [1.54, 1.807) is 4.68 Å². The minimum Gasteiger partial charge on any atom is -0.274 e. The molecule has 0 saturated carbocycles. The fourth-order valence-electron chi connectivity index (χ4n) is 2.12. The van der Waals surface area contributed by atoms with Gasteiger partial charge < -0.3 is 0 Å². The Labute approximate surface area is 95.1 Å². The van der Waals surface area contributed by atoms with Crippen molar-refractivity contribution in [3.05, 3.63) is 29.2 Å². The van der Waals surface area contributed by atoms with Gasteiger partial charge >= 0.3 is 0 Å². The number of hydrogen-bond donors (Lipinski definition) is 0. The second-order valence-corrected chi connectivity index (χ2v) is 5.35. The van der Waals surface area contributed by atoms with Gasteiger partial charge in [0.15, 0.2) is 5.82 Å². The van der Waals surface area contributed by atoms with Crippen LogP contribution in [-0.2, 0) is 12.5 Å². The van der Waals surface area contributed by atoms with E-state index in [-0.39, 0.29) is 11.2 Å². The van der Waals surface area contributed by atoms with E-state index in [0.29, 0.717) is 11.1 Å². The lowest BCUT2D eigenvalue weighted by atomic mass is 9.83. The maximum absolute atomic E-state index is 14.1. The van der Waals surface area contributed by atoms with Gasteiger partial charge in [-0.2, -0.15) is 5.10 Å². The minimum atomic E-state index is -0.192. The zero-order valence-electron chi connectivity index (χ0n) is 10.4. The van der Waals surface area contributed by atoms with Crippen molar-refractivity contribution in [1.29, 1.82) is 0 Å². The Morgan fingerprint density at radius 3 is 2.50 bits per heavy atom. The van der Waals surface area contributed by atoms with E-state index < -0.39 is 0 Å². The van der Waals surface area contributed by atoms with Crippen LogP contribution in [0.3, 0.4) is 0 Å². The van der Waals surface area contributed by atoms with Crippen molar-refractivity contribution in [3.8, 4) is 0 Å². The highest BCUT2D eigenvalue weighted by atomic mass is 19.1. The maximum Gasteiger partial charge on any atom is 0.154 e. The molecule has 1 heterocycles. The predicted octanol–water partition coefficient (Wildman–Crippen LogP) is 3.32. The highest BCUT2D eigenvalue weighted by molar-refractivity contribution is 5.81. The third kappa shape index (κ3) is 1.60. The molecule has 0 aliphatic carbocycles. The average Bonchev–Trinajstić information content (AvgIpc) is 2.51. The zero-order chi connectivity index (χ0) is 12.1. The monoisotopic (exact) mass is 220 g/mol. The lowest BCUT2D eigenvalue weighted by Crippen LogP contribution is -2.14. The quantitative estimate of drug-likeness (QED) is 0.666. The largest absolute Gasteiger partial charge is 0.274 e. The van der Waals surface area contributed by atoms with Crippen LogP contribution in [0.4, 0.5) is 4.39 Å². The van der Waals surface area contributed by atoms with Gasteiger partial charge in [-0.25, -0.2) is 4.39 Å². The summed E-state index contributed by atoms with van der Waals surface area (Å²) in [5, 5.41) is 5.01. The third-order valence-corrected chi connectivity index (χ3v) is 2.91. The van der Waals surface area contributed by atoms with Crippen LogP contribution in [-0.4, -0.2) is 9.78 Å². The SMILES string of the molecule is Cc1c(C(C)(C)C)cc2cn(C)nc2c1F. The van der Waals surface area contributed by atoms with Gasteiger partial charge in [-0.1, -0.05) is 20.8 Å². The molecule has 0 unspecified atom stereocenters. The molecule has 1 aromatic carbocycles. The Bertz CT molecular complexity index is 547. The van der Waals surface area contributed by atoms with E-state index in [0.717, 1.165) is 10.9 Å². The molecule has 86 valence electrons. The molecular formula is C13H17FN2. The van der Waals surface area contributed by atoms with Gasteiger partial charge in [-0.05, 0) is 29.5 Å². The van der Waals surface area contributed by atoms with Crippen molar-refractivity contribution in [2.75, 3.05) is 0 Å². The standard InChI is InChI=1S/C13H17FN2/c1-8-10(13(2,3)4)6-9-7-16(5)15-12(9)11(8)14/h6-7H,1-5H3. The summed E-state index contributed by atoms with van der Waals surface area (Å²) in [7, 11) is 1.81. The molecule has 0 aliphatic rings. The van der Waals surface area contributed by atoms with E-state index in [1.807, 2.05) is 26.2 Å². The first-order valence-electron chi connectivity index (χ1n) is 5.43. The third-order valence-electron chi connectivity index (χ3n) is 2.91. The Morgan fingerprint density at radius 1 is 1.31 bits per heavy atom. The van der Waals surface area contributed by atoms with Gasteiger partial charge in [0, 0.05) is 18.6 Å². The molecule has 3 heteroatoms. The molecule has 0 N–H and O–H groups in total. The van der Waals surface area contributed by atoms with Crippen molar-refractivity contribution < 1.29 is 4.39 Å². The summed E-state index contributed by atoms with van der Waals surface area (Å²) in [5.74, 6) is -0.192. The van der Waals surface area contributed by atoms with Crippen molar-refractivity contribution >= 4 is 10.9 Å². The molecule has 0 bridgehead atoms. The van der Waals surface area contributed by atoms with Crippen LogP contribution in [0, 0.1) is 12.7 Å². The molecule has 2 rings (SSSR count). The van der Waals surface area contributed by atoms with Crippen molar-refractivity contribution in [3.63, 3.8) is 0 Å². The van der Waals surface area contributed by atoms with Gasteiger partial charge in [0.05, 0.1) is 0 Å². The first-order valence-corrected chi connectivity index (χ1v) is 5.43. The van der Waals surface area contributed by atoms with Crippen LogP contribution in [0.2, 0.25) is 0 Å². The number of halogens is 1. The first-order chi connectivity index (χ1) is 7.30. The van der Waals surface area contributed by atoms with Crippen LogP contribution < -0.4 is 0 Å². The summed E-state index contributed by atoms with van der Waals surface area (Å²) in [6.07, 6.45) is 1.85. The number of hydrogen-bond acceptors (Lipinski definition) is 1. The van der Waals surface area contributed by atoms with Crippen LogP contribution in [0.1, 0.15) is 31.9 Å². The summed E-state index contributed by atoms with van der Waals surface area (Å²) < 4.78 is 15.8. The van der Waals surface area contributed by atoms with Gasteiger partial charge in [-0.15, -0.1) is 0 Å². The minimum absolute atomic E-state index is 0.0467. The second-order valence-electron chi connectivity index (χ2n) is 5.35. The Morgan fingerprint density at radius 2 is 1.94 bits per heavy atom. The predicted molar refractivity (Wildman–Crippen MR) is 64.1 cm³/mol. The molecule has 2 aromatic rings. The molecule has 2 nitrogen and oxygen atoms in total. The molecule has 0 spiro atoms. The summed E-state index contributed by atoms with van der Waals surface area (Å²) in [5.41, 5.74) is 2.17. The van der Waals surface area contributed by atoms with Crippen LogP contribution >= 0.6 is 0 Å². The van der Waals surface area contributed by atoms with E-state index in [2.05, 4.69) is 25.9 Å². The number of aromatic nitrogens is 2. The smallest absolute Gasteiger partial charge is 0.154 e. The molecule has 0 fully saturated rings. The van der Waals surface area contributed by atoms with Crippen molar-refractivity contribution in [2.24, 2.45) is 7.05 Å². The van der Waals surface area contributed by atoms with Crippen LogP contribution in [0.15, 0.2) is 12.3 Å². The molecule has 0 radical (unpaired) electrons. The molecule has 16 heavy (non-hydrogen) atoms. The normalized spacial score (nSPS) is 12.4. The summed E-state index contributed by atoms with van der Waals surface area (Å²) in [6.45, 7) is 8.11. The first kappa shape index (κ1) is 11.1. The molecule has 0 amide bonds. The molecular weight excluding hydrogens is 203 g/mol. The Kier molecular flexibility index (Phi) is 2.30. The van der Waals surface area contributed by atoms with Crippen molar-refractivity contribution in [1.82, 2.24) is 9.78 Å². The lowest BCUT2D eigenvalue weighted by molar-refractivity contribution is 0.567. The number of rotatable bonds is 0. The second kappa shape index (κ2) is 3.30. The lowest BCUT2D eigenvalue weighted by Gasteiger charge is -2.22. The highest BCUT2D eigenvalue weighted by Gasteiger charge is 2.21. The molecule has 0 saturated heterocycles. The van der Waals surface area contributed by atoms with Crippen LogP contribution in [0.5, 0.6) is 0 Å². The average molecular weight is 220 g/mol. The van der Waals surface area contributed by atoms with Gasteiger partial charge in [0.1, 0.15) is 5.52 Å². The fraction of sp³-hybridized carbons (Fsp3) is 0.462. The summed E-state index contributed by atoms with van der Waals surface area (Å²) in [4.78, 5) is 0. The summed E-state index contributed by atoms with van der Waals surface area (Å²) >= 11 is 0.